The Kier molecular flexibility index (Phi) is 6.89. The lowest BCUT2D eigenvalue weighted by Crippen LogP contribution is -2.17. The Balaban J connectivity index is 1.29. The first kappa shape index (κ1) is 21.3. The second kappa shape index (κ2) is 10.4. The van der Waals surface area contributed by atoms with Gasteiger partial charge < -0.3 is 9.47 Å². The largest absolute Gasteiger partial charge is 0.497 e. The molecule has 0 saturated heterocycles. The molecule has 0 fully saturated rings. The molecule has 0 unspecified atom stereocenters. The molecule has 0 spiro atoms. The zero-order valence-electron chi connectivity index (χ0n) is 17.4. The topological polar surface area (TPSA) is 72.8 Å². The molecule has 1 N–H and O–H groups in total. The van der Waals surface area contributed by atoms with Crippen molar-refractivity contribution in [3.05, 3.63) is 101 Å². The van der Waals surface area contributed by atoms with Crippen molar-refractivity contribution >= 4 is 23.5 Å². The molecule has 0 aliphatic heterocycles. The monoisotopic (exact) mass is 443 g/mol. The summed E-state index contributed by atoms with van der Waals surface area (Å²) in [5, 5.41) is 4.97. The number of ether oxygens (including phenoxy) is 2. The van der Waals surface area contributed by atoms with Gasteiger partial charge in [0.1, 0.15) is 23.1 Å². The van der Waals surface area contributed by atoms with Crippen LogP contribution in [0, 0.1) is 0 Å². The van der Waals surface area contributed by atoms with Gasteiger partial charge >= 0.3 is 0 Å². The van der Waals surface area contributed by atoms with Gasteiger partial charge in [-0.1, -0.05) is 42.5 Å². The zero-order valence-corrected chi connectivity index (χ0v) is 18.2. The highest BCUT2D eigenvalue weighted by atomic mass is 32.1. The van der Waals surface area contributed by atoms with Gasteiger partial charge in [0.25, 0.3) is 5.91 Å². The van der Waals surface area contributed by atoms with Gasteiger partial charge in [0.2, 0.25) is 0 Å². The average molecular weight is 444 g/mol. The molecule has 0 radical (unpaired) electrons. The number of rotatable bonds is 8. The van der Waals surface area contributed by atoms with Crippen molar-refractivity contribution in [2.45, 2.75) is 6.61 Å². The van der Waals surface area contributed by atoms with E-state index in [4.69, 9.17) is 9.47 Å². The molecule has 160 valence electrons. The number of aromatic nitrogens is 1. The third-order valence-electron chi connectivity index (χ3n) is 4.55. The fourth-order valence-electron chi connectivity index (χ4n) is 2.90. The summed E-state index contributed by atoms with van der Waals surface area (Å²) < 4.78 is 11.0. The molecular formula is C25H21N3O3S. The molecule has 4 rings (SSSR count). The number of nitrogens with one attached hydrogen (secondary N) is 1. The Hall–Kier alpha value is -3.97. The van der Waals surface area contributed by atoms with Crippen LogP contribution < -0.4 is 14.9 Å². The number of thiazole rings is 1. The van der Waals surface area contributed by atoms with E-state index in [2.05, 4.69) is 15.5 Å². The van der Waals surface area contributed by atoms with E-state index < -0.39 is 0 Å². The Labute approximate surface area is 190 Å². The minimum absolute atomic E-state index is 0.300. The number of nitrogens with zero attached hydrogens (tertiary/aromatic N) is 2. The summed E-state index contributed by atoms with van der Waals surface area (Å²) in [6, 6.07) is 24.4. The number of hydrazone groups is 1. The van der Waals surface area contributed by atoms with Crippen LogP contribution in [0.4, 0.5) is 0 Å². The predicted molar refractivity (Wildman–Crippen MR) is 126 cm³/mol. The van der Waals surface area contributed by atoms with E-state index in [0.717, 1.165) is 26.8 Å². The maximum absolute atomic E-state index is 12.3. The molecule has 3 aromatic carbocycles. The van der Waals surface area contributed by atoms with Crippen LogP contribution in [-0.4, -0.2) is 24.2 Å². The Morgan fingerprint density at radius 1 is 1.03 bits per heavy atom. The van der Waals surface area contributed by atoms with Crippen LogP contribution in [0.3, 0.4) is 0 Å². The van der Waals surface area contributed by atoms with Crippen LogP contribution in [0.1, 0.15) is 20.8 Å². The standard InChI is InChI=1S/C25H21N3O3S/c1-30-22-9-5-6-18(14-22)15-27-28-24(29)19-10-12-21(13-11-19)31-17-23-16-26-25(32-23)20-7-3-2-4-8-20/h2-16H,17H2,1H3,(H,28,29)/b27-15+. The molecule has 0 atom stereocenters. The number of methoxy groups -OCH3 is 1. The third-order valence-corrected chi connectivity index (χ3v) is 5.57. The minimum atomic E-state index is -0.300. The quantitative estimate of drug-likeness (QED) is 0.302. The van der Waals surface area contributed by atoms with Gasteiger partial charge in [-0.25, -0.2) is 10.4 Å². The molecule has 0 bridgehead atoms. The highest BCUT2D eigenvalue weighted by Gasteiger charge is 2.07. The molecule has 6 nitrogen and oxygen atoms in total. The lowest BCUT2D eigenvalue weighted by molar-refractivity contribution is 0.0955. The molecule has 7 heteroatoms. The van der Waals surface area contributed by atoms with E-state index in [1.54, 1.807) is 48.9 Å². The van der Waals surface area contributed by atoms with Gasteiger partial charge in [0.05, 0.1) is 18.2 Å². The highest BCUT2D eigenvalue weighted by Crippen LogP contribution is 2.25. The molecule has 4 aromatic rings. The number of benzene rings is 3. The molecule has 32 heavy (non-hydrogen) atoms. The van der Waals surface area contributed by atoms with Gasteiger partial charge in [-0.05, 0) is 42.0 Å². The lowest BCUT2D eigenvalue weighted by atomic mass is 10.2. The number of amides is 1. The van der Waals surface area contributed by atoms with Crippen LogP contribution in [0.5, 0.6) is 11.5 Å². The van der Waals surface area contributed by atoms with Crippen molar-refractivity contribution < 1.29 is 14.3 Å². The molecule has 0 saturated carbocycles. The first-order valence-electron chi connectivity index (χ1n) is 9.92. The van der Waals surface area contributed by atoms with E-state index in [0.29, 0.717) is 17.9 Å². The predicted octanol–water partition coefficient (Wildman–Crippen LogP) is 5.16. The van der Waals surface area contributed by atoms with E-state index >= 15 is 0 Å². The van der Waals surface area contributed by atoms with Gasteiger partial charge in [-0.2, -0.15) is 5.10 Å². The summed E-state index contributed by atoms with van der Waals surface area (Å²) in [4.78, 5) is 17.8. The van der Waals surface area contributed by atoms with E-state index in [-0.39, 0.29) is 5.91 Å². The third kappa shape index (κ3) is 5.59. The molecule has 1 aromatic heterocycles. The van der Waals surface area contributed by atoms with Crippen molar-refractivity contribution in [1.29, 1.82) is 0 Å². The van der Waals surface area contributed by atoms with Crippen LogP contribution in [-0.2, 0) is 6.61 Å². The summed E-state index contributed by atoms with van der Waals surface area (Å²) in [6.45, 7) is 0.418. The van der Waals surface area contributed by atoms with Crippen LogP contribution in [0.25, 0.3) is 10.6 Å². The van der Waals surface area contributed by atoms with Crippen molar-refractivity contribution in [3.63, 3.8) is 0 Å². The van der Waals surface area contributed by atoms with E-state index in [1.165, 1.54) is 0 Å². The van der Waals surface area contributed by atoms with Crippen LogP contribution in [0.15, 0.2) is 90.2 Å². The Morgan fingerprint density at radius 3 is 2.62 bits per heavy atom. The first-order chi connectivity index (χ1) is 15.7. The highest BCUT2D eigenvalue weighted by molar-refractivity contribution is 7.15. The first-order valence-corrected chi connectivity index (χ1v) is 10.7. The van der Waals surface area contributed by atoms with Crippen LogP contribution >= 0.6 is 11.3 Å². The Morgan fingerprint density at radius 2 is 1.84 bits per heavy atom. The van der Waals surface area contributed by atoms with Crippen LogP contribution in [0.2, 0.25) is 0 Å². The molecule has 1 amide bonds. The van der Waals surface area contributed by atoms with Gasteiger partial charge in [0.15, 0.2) is 0 Å². The van der Waals surface area contributed by atoms with E-state index in [9.17, 15) is 4.79 Å². The van der Waals surface area contributed by atoms with Crippen molar-refractivity contribution in [2.24, 2.45) is 5.10 Å². The smallest absolute Gasteiger partial charge is 0.271 e. The SMILES string of the molecule is COc1cccc(/C=N/NC(=O)c2ccc(OCc3cnc(-c4ccccc4)s3)cc2)c1. The maximum Gasteiger partial charge on any atom is 0.271 e. The van der Waals surface area contributed by atoms with E-state index in [1.807, 2.05) is 60.8 Å². The van der Waals surface area contributed by atoms with Gasteiger partial charge in [0, 0.05) is 17.3 Å². The normalized spacial score (nSPS) is 10.8. The van der Waals surface area contributed by atoms with Gasteiger partial charge in [-0.3, -0.25) is 4.79 Å². The molecule has 0 aliphatic carbocycles. The van der Waals surface area contributed by atoms with Crippen molar-refractivity contribution in [2.75, 3.05) is 7.11 Å². The Bertz CT molecular complexity index is 1200. The number of carbonyl (C=O) groups excluding carboxylic acids is 1. The fourth-order valence-corrected chi connectivity index (χ4v) is 3.73. The molecular weight excluding hydrogens is 422 g/mol. The second-order valence-corrected chi connectivity index (χ2v) is 7.90. The number of hydrogen-bond acceptors (Lipinski definition) is 6. The fraction of sp³-hybridized carbons (Fsp3) is 0.0800. The summed E-state index contributed by atoms with van der Waals surface area (Å²) in [6.07, 6.45) is 3.39. The van der Waals surface area contributed by atoms with Crippen molar-refractivity contribution in [1.82, 2.24) is 10.4 Å². The minimum Gasteiger partial charge on any atom is -0.497 e. The second-order valence-electron chi connectivity index (χ2n) is 6.79. The molecule has 1 heterocycles. The van der Waals surface area contributed by atoms with Crippen molar-refractivity contribution in [3.8, 4) is 22.1 Å². The lowest BCUT2D eigenvalue weighted by Gasteiger charge is -2.05. The average Bonchev–Trinajstić information content (AvgIpc) is 3.33. The summed E-state index contributed by atoms with van der Waals surface area (Å²) >= 11 is 1.60. The summed E-state index contributed by atoms with van der Waals surface area (Å²) in [7, 11) is 1.60. The zero-order chi connectivity index (χ0) is 22.2. The summed E-state index contributed by atoms with van der Waals surface area (Å²) in [5.41, 5.74) is 4.93. The maximum atomic E-state index is 12.3. The number of carbonyl (C=O) groups is 1. The summed E-state index contributed by atoms with van der Waals surface area (Å²) in [5.74, 6) is 1.10. The van der Waals surface area contributed by atoms with Gasteiger partial charge in [-0.15, -0.1) is 11.3 Å². The molecule has 0 aliphatic rings. The number of hydrogen-bond donors (Lipinski definition) is 1.